The van der Waals surface area contributed by atoms with E-state index in [0.29, 0.717) is 14.3 Å². The predicted octanol–water partition coefficient (Wildman–Crippen LogP) is 1.10. The lowest BCUT2D eigenvalue weighted by atomic mass is 10.3. The standard InChI is InChI=1S/C4H9BrNSi2/c1-3-4(2)6(7)8-5/h4H,3H2,1-2H3. The van der Waals surface area contributed by atoms with E-state index >= 15 is 0 Å². The Balaban J connectivity index is 3.29. The summed E-state index contributed by atoms with van der Waals surface area (Å²) < 4.78 is 2.10. The van der Waals surface area contributed by atoms with Crippen LogP contribution in [0.1, 0.15) is 20.3 Å². The molecular weight excluding hydrogens is 198 g/mol. The summed E-state index contributed by atoms with van der Waals surface area (Å²) in [6.07, 6.45) is 1.18. The quantitative estimate of drug-likeness (QED) is 0.495. The maximum Gasteiger partial charge on any atom is 0.230 e. The molecule has 5 radical (unpaired) electrons. The van der Waals surface area contributed by atoms with Crippen LogP contribution in [0.3, 0.4) is 0 Å². The van der Waals surface area contributed by atoms with Crippen molar-refractivity contribution in [1.29, 1.82) is 0 Å². The van der Waals surface area contributed by atoms with Crippen molar-refractivity contribution in [2.45, 2.75) is 26.3 Å². The van der Waals surface area contributed by atoms with Gasteiger partial charge >= 0.3 is 0 Å². The number of rotatable bonds is 3. The largest absolute Gasteiger partial charge is 0.339 e. The van der Waals surface area contributed by atoms with E-state index in [1.54, 1.807) is 0 Å². The first kappa shape index (κ1) is 8.87. The highest BCUT2D eigenvalue weighted by molar-refractivity contribution is 9.23. The SMILES string of the molecule is CCC(C)N([Si])[Si]Br. The Hall–Kier alpha value is 0.874. The zero-order valence-electron chi connectivity index (χ0n) is 5.11. The minimum Gasteiger partial charge on any atom is -0.339 e. The zero-order chi connectivity index (χ0) is 6.57. The highest BCUT2D eigenvalue weighted by Gasteiger charge is 2.03. The van der Waals surface area contributed by atoms with Gasteiger partial charge in [0.25, 0.3) is 0 Å². The molecule has 0 saturated heterocycles. The Bertz CT molecular complexity index is 54.0. The summed E-state index contributed by atoms with van der Waals surface area (Å²) in [7, 11) is 4.13. The molecule has 0 aliphatic rings. The molecule has 0 spiro atoms. The second-order valence-corrected chi connectivity index (χ2v) is 4.36. The van der Waals surface area contributed by atoms with Crippen molar-refractivity contribution in [2.24, 2.45) is 0 Å². The smallest absolute Gasteiger partial charge is 0.230 e. The molecule has 45 valence electrons. The third-order valence-electron chi connectivity index (χ3n) is 1.12. The van der Waals surface area contributed by atoms with Gasteiger partial charge in [0, 0.05) is 0 Å². The van der Waals surface area contributed by atoms with Crippen LogP contribution in [-0.2, 0) is 0 Å². The number of hydrogen-bond donors (Lipinski definition) is 0. The lowest BCUT2D eigenvalue weighted by molar-refractivity contribution is 0.507. The van der Waals surface area contributed by atoms with E-state index in [0.717, 1.165) is 0 Å². The molecule has 1 nitrogen and oxygen atoms in total. The molecule has 8 heavy (non-hydrogen) atoms. The van der Waals surface area contributed by atoms with Gasteiger partial charge in [-0.3, -0.25) is 0 Å². The van der Waals surface area contributed by atoms with Crippen LogP contribution < -0.4 is 0 Å². The molecule has 4 heteroatoms. The van der Waals surface area contributed by atoms with Crippen molar-refractivity contribution in [3.05, 3.63) is 0 Å². The second kappa shape index (κ2) is 4.72. The van der Waals surface area contributed by atoms with Gasteiger partial charge in [-0.2, -0.15) is 0 Å². The summed E-state index contributed by atoms with van der Waals surface area (Å²) in [5.41, 5.74) is 0. The predicted molar refractivity (Wildman–Crippen MR) is 42.0 cm³/mol. The summed E-state index contributed by atoms with van der Waals surface area (Å²) in [6, 6.07) is 0.629. The van der Waals surface area contributed by atoms with Crippen molar-refractivity contribution in [3.8, 4) is 0 Å². The van der Waals surface area contributed by atoms with Gasteiger partial charge in [0.15, 0.2) is 0 Å². The minimum atomic E-state index is 0.629. The van der Waals surface area contributed by atoms with Crippen LogP contribution in [0.4, 0.5) is 0 Å². The van der Waals surface area contributed by atoms with Crippen LogP contribution in [0.15, 0.2) is 0 Å². The van der Waals surface area contributed by atoms with E-state index in [4.69, 9.17) is 0 Å². The van der Waals surface area contributed by atoms with Crippen LogP contribution in [0, 0.1) is 0 Å². The fourth-order valence-electron chi connectivity index (χ4n) is 0.266. The number of nitrogens with zero attached hydrogens (tertiary/aromatic N) is 1. The molecule has 1 atom stereocenters. The molecule has 0 bridgehead atoms. The molecule has 0 aliphatic heterocycles. The molecule has 0 aromatic carbocycles. The van der Waals surface area contributed by atoms with Crippen molar-refractivity contribution in [1.82, 2.24) is 4.23 Å². The van der Waals surface area contributed by atoms with Crippen molar-refractivity contribution in [3.63, 3.8) is 0 Å². The summed E-state index contributed by atoms with van der Waals surface area (Å²) >= 11 is 3.36. The molecule has 0 heterocycles. The number of hydrogen-bond acceptors (Lipinski definition) is 1. The molecule has 0 amide bonds. The van der Waals surface area contributed by atoms with Crippen LogP contribution in [0.25, 0.3) is 0 Å². The van der Waals surface area contributed by atoms with Gasteiger partial charge in [0.1, 0.15) is 10.4 Å². The minimum absolute atomic E-state index is 0.629. The second-order valence-electron chi connectivity index (χ2n) is 1.71. The summed E-state index contributed by atoms with van der Waals surface area (Å²) in [5.74, 6) is 0. The lowest BCUT2D eigenvalue weighted by Crippen LogP contribution is -2.30. The molecule has 0 fully saturated rings. The van der Waals surface area contributed by atoms with Crippen LogP contribution in [-0.4, -0.2) is 29.0 Å². The molecule has 0 aliphatic carbocycles. The Morgan fingerprint density at radius 3 is 2.50 bits per heavy atom. The first-order valence-electron chi connectivity index (χ1n) is 2.59. The van der Waals surface area contributed by atoms with Crippen molar-refractivity contribution >= 4 is 34.0 Å². The fraction of sp³-hybridized carbons (Fsp3) is 1.00. The van der Waals surface area contributed by atoms with Crippen LogP contribution in [0.5, 0.6) is 0 Å². The third-order valence-corrected chi connectivity index (χ3v) is 4.65. The topological polar surface area (TPSA) is 3.24 Å². The van der Waals surface area contributed by atoms with E-state index in [2.05, 4.69) is 43.8 Å². The normalized spacial score (nSPS) is 14.6. The Morgan fingerprint density at radius 1 is 1.88 bits per heavy atom. The third kappa shape index (κ3) is 3.01. The molecule has 1 unspecified atom stereocenters. The Morgan fingerprint density at radius 2 is 2.38 bits per heavy atom. The highest BCUT2D eigenvalue weighted by atomic mass is 79.9. The monoisotopic (exact) mass is 206 g/mol. The lowest BCUT2D eigenvalue weighted by Gasteiger charge is -2.18. The van der Waals surface area contributed by atoms with E-state index < -0.39 is 0 Å². The van der Waals surface area contributed by atoms with Gasteiger partial charge in [-0.25, -0.2) is 0 Å². The average molecular weight is 207 g/mol. The average Bonchev–Trinajstić information content (AvgIpc) is 1.84. The maximum absolute atomic E-state index is 3.45. The van der Waals surface area contributed by atoms with Crippen molar-refractivity contribution in [2.75, 3.05) is 0 Å². The van der Waals surface area contributed by atoms with Gasteiger partial charge < -0.3 is 4.23 Å². The molecule has 0 aromatic heterocycles. The summed E-state index contributed by atoms with van der Waals surface area (Å²) in [6.45, 7) is 4.35. The molecule has 0 aromatic rings. The van der Waals surface area contributed by atoms with Crippen LogP contribution >= 0.6 is 15.3 Å². The molecular formula is C4H9BrNSi2. The van der Waals surface area contributed by atoms with Gasteiger partial charge in [-0.05, 0) is 12.5 Å². The molecule has 0 rings (SSSR count). The summed E-state index contributed by atoms with van der Waals surface area (Å²) in [4.78, 5) is 0. The van der Waals surface area contributed by atoms with E-state index in [-0.39, 0.29) is 0 Å². The molecule has 0 N–H and O–H groups in total. The zero-order valence-corrected chi connectivity index (χ0v) is 8.70. The van der Waals surface area contributed by atoms with Gasteiger partial charge in [0.05, 0.1) is 0 Å². The Labute approximate surface area is 64.8 Å². The first-order valence-corrected chi connectivity index (χ1v) is 6.24. The van der Waals surface area contributed by atoms with Gasteiger partial charge in [-0.15, -0.1) is 15.3 Å². The van der Waals surface area contributed by atoms with E-state index in [1.807, 2.05) is 0 Å². The Kier molecular flexibility index (Phi) is 5.24. The maximum atomic E-state index is 3.45. The number of halogens is 1. The van der Waals surface area contributed by atoms with E-state index in [1.165, 1.54) is 6.42 Å². The fourth-order valence-corrected chi connectivity index (χ4v) is 1.85. The highest BCUT2D eigenvalue weighted by Crippen LogP contribution is 1.98. The van der Waals surface area contributed by atoms with Gasteiger partial charge in [0.2, 0.25) is 8.30 Å². The van der Waals surface area contributed by atoms with Gasteiger partial charge in [-0.1, -0.05) is 13.8 Å². The van der Waals surface area contributed by atoms with Crippen LogP contribution in [0.2, 0.25) is 0 Å². The van der Waals surface area contributed by atoms with Crippen molar-refractivity contribution < 1.29 is 0 Å². The van der Waals surface area contributed by atoms with E-state index in [9.17, 15) is 0 Å². The first-order chi connectivity index (χ1) is 3.72. The molecule has 0 saturated carbocycles. The summed E-state index contributed by atoms with van der Waals surface area (Å²) in [5, 5.41) is 0.